The van der Waals surface area contributed by atoms with Crippen LogP contribution in [0, 0.1) is 0 Å². The molecule has 0 bridgehead atoms. The number of nitrogens with zero attached hydrogens (tertiary/aromatic N) is 1. The van der Waals surface area contributed by atoms with E-state index in [4.69, 9.17) is 5.11 Å². The summed E-state index contributed by atoms with van der Waals surface area (Å²) < 4.78 is 4.47. The van der Waals surface area contributed by atoms with Crippen molar-refractivity contribution in [2.24, 2.45) is 0 Å². The number of aliphatic hydroxyl groups excluding tert-OH is 1. The maximum atomic E-state index is 11.0. The van der Waals surface area contributed by atoms with E-state index in [-0.39, 0.29) is 12.0 Å². The van der Waals surface area contributed by atoms with Crippen molar-refractivity contribution in [2.45, 2.75) is 18.9 Å². The zero-order chi connectivity index (χ0) is 8.27. The molecule has 1 fully saturated rings. The Morgan fingerprint density at radius 1 is 1.82 bits per heavy atom. The van der Waals surface area contributed by atoms with E-state index in [2.05, 4.69) is 4.74 Å². The minimum absolute atomic E-state index is 0.137. The van der Waals surface area contributed by atoms with Crippen LogP contribution in [0.2, 0.25) is 0 Å². The van der Waals surface area contributed by atoms with Gasteiger partial charge in [-0.2, -0.15) is 0 Å². The normalized spacial score (nSPS) is 25.5. The van der Waals surface area contributed by atoms with Gasteiger partial charge in [0.15, 0.2) is 6.79 Å². The molecular formula is C7H13NO3. The summed E-state index contributed by atoms with van der Waals surface area (Å²) in [6, 6.07) is -0.137. The molecule has 0 radical (unpaired) electrons. The lowest BCUT2D eigenvalue weighted by Gasteiger charge is -2.16. The van der Waals surface area contributed by atoms with Crippen molar-refractivity contribution in [1.29, 1.82) is 0 Å². The third kappa shape index (κ3) is 1.91. The Kier molecular flexibility index (Phi) is 2.84. The molecule has 0 spiro atoms. The number of likely N-dealkylation sites (N-methyl/N-ethyl adjacent to an activating group) is 1. The van der Waals surface area contributed by atoms with Crippen LogP contribution in [0.1, 0.15) is 12.8 Å². The van der Waals surface area contributed by atoms with Crippen LogP contribution >= 0.6 is 0 Å². The molecule has 4 heteroatoms. The molecule has 1 rings (SSSR count). The minimum atomic E-state index is -0.511. The molecule has 1 heterocycles. The molecule has 1 unspecified atom stereocenters. The highest BCUT2D eigenvalue weighted by molar-refractivity contribution is 5.75. The van der Waals surface area contributed by atoms with Crippen LogP contribution in [0.4, 0.5) is 0 Å². The van der Waals surface area contributed by atoms with Crippen molar-refractivity contribution in [1.82, 2.24) is 4.90 Å². The molecule has 1 aliphatic heterocycles. The van der Waals surface area contributed by atoms with Gasteiger partial charge < -0.3 is 9.84 Å². The zero-order valence-electron chi connectivity index (χ0n) is 6.62. The van der Waals surface area contributed by atoms with Crippen molar-refractivity contribution in [3.63, 3.8) is 0 Å². The topological polar surface area (TPSA) is 49.8 Å². The molecule has 0 aliphatic carbocycles. The van der Waals surface area contributed by atoms with E-state index in [9.17, 15) is 4.79 Å². The van der Waals surface area contributed by atoms with Gasteiger partial charge in [-0.25, -0.2) is 0 Å². The monoisotopic (exact) mass is 159 g/mol. The fourth-order valence-electron chi connectivity index (χ4n) is 1.37. The number of hydrogen-bond acceptors (Lipinski definition) is 4. The number of rotatable bonds is 2. The third-order valence-corrected chi connectivity index (χ3v) is 2.00. The Balaban J connectivity index is 2.39. The van der Waals surface area contributed by atoms with Crippen molar-refractivity contribution >= 4 is 5.97 Å². The first-order valence-corrected chi connectivity index (χ1v) is 3.73. The lowest BCUT2D eigenvalue weighted by Crippen LogP contribution is -2.34. The molecule has 0 aromatic carbocycles. The van der Waals surface area contributed by atoms with E-state index < -0.39 is 6.79 Å². The van der Waals surface area contributed by atoms with Crippen molar-refractivity contribution in [2.75, 3.05) is 20.4 Å². The average Bonchev–Trinajstić information content (AvgIpc) is 2.36. The van der Waals surface area contributed by atoms with Gasteiger partial charge in [0.25, 0.3) is 0 Å². The molecular weight excluding hydrogens is 146 g/mol. The first-order chi connectivity index (χ1) is 5.25. The molecule has 1 atom stereocenters. The molecule has 0 saturated carbocycles. The molecule has 64 valence electrons. The summed E-state index contributed by atoms with van der Waals surface area (Å²) in [5, 5.41) is 8.32. The SMILES string of the molecule is CN1CCCC1C(=O)OCO. The largest absolute Gasteiger partial charge is 0.438 e. The molecule has 0 aromatic heterocycles. The van der Waals surface area contributed by atoms with Crippen molar-refractivity contribution in [3.8, 4) is 0 Å². The van der Waals surface area contributed by atoms with Gasteiger partial charge in [-0.3, -0.25) is 9.69 Å². The summed E-state index contributed by atoms with van der Waals surface area (Å²) in [6.45, 7) is 0.425. The molecule has 0 aromatic rings. The fourth-order valence-corrected chi connectivity index (χ4v) is 1.37. The van der Waals surface area contributed by atoms with E-state index in [0.717, 1.165) is 19.4 Å². The predicted molar refractivity (Wildman–Crippen MR) is 38.8 cm³/mol. The Hall–Kier alpha value is -0.610. The fraction of sp³-hybridized carbons (Fsp3) is 0.857. The quantitative estimate of drug-likeness (QED) is 0.439. The number of carbonyl (C=O) groups is 1. The lowest BCUT2D eigenvalue weighted by molar-refractivity contribution is -0.156. The Morgan fingerprint density at radius 3 is 3.00 bits per heavy atom. The summed E-state index contributed by atoms with van der Waals surface area (Å²) in [4.78, 5) is 13.0. The van der Waals surface area contributed by atoms with Crippen LogP contribution < -0.4 is 0 Å². The summed E-state index contributed by atoms with van der Waals surface area (Å²) in [7, 11) is 1.89. The third-order valence-electron chi connectivity index (χ3n) is 2.00. The minimum Gasteiger partial charge on any atom is -0.438 e. The van der Waals surface area contributed by atoms with Gasteiger partial charge in [0.05, 0.1) is 0 Å². The van der Waals surface area contributed by atoms with Crippen LogP contribution in [0.15, 0.2) is 0 Å². The van der Waals surface area contributed by atoms with E-state index in [1.165, 1.54) is 0 Å². The number of aliphatic hydroxyl groups is 1. The number of ether oxygens (including phenoxy) is 1. The van der Waals surface area contributed by atoms with Gasteiger partial charge in [-0.1, -0.05) is 0 Å². The van der Waals surface area contributed by atoms with Crippen LogP contribution in [0.25, 0.3) is 0 Å². The van der Waals surface area contributed by atoms with Gasteiger partial charge in [-0.05, 0) is 26.4 Å². The van der Waals surface area contributed by atoms with Crippen molar-refractivity contribution in [3.05, 3.63) is 0 Å². The highest BCUT2D eigenvalue weighted by Gasteiger charge is 2.28. The summed E-state index contributed by atoms with van der Waals surface area (Å²) in [6.07, 6.45) is 1.87. The lowest BCUT2D eigenvalue weighted by atomic mass is 10.2. The van der Waals surface area contributed by atoms with E-state index in [1.54, 1.807) is 0 Å². The Morgan fingerprint density at radius 2 is 2.55 bits per heavy atom. The molecule has 1 N–H and O–H groups in total. The maximum absolute atomic E-state index is 11.0. The van der Waals surface area contributed by atoms with Crippen LogP contribution in [-0.2, 0) is 9.53 Å². The van der Waals surface area contributed by atoms with E-state index in [1.807, 2.05) is 11.9 Å². The van der Waals surface area contributed by atoms with Gasteiger partial charge in [0, 0.05) is 0 Å². The van der Waals surface area contributed by atoms with E-state index in [0.29, 0.717) is 0 Å². The smallest absolute Gasteiger partial charge is 0.325 e. The number of hydrogen-bond donors (Lipinski definition) is 1. The summed E-state index contributed by atoms with van der Waals surface area (Å²) in [5.41, 5.74) is 0. The first-order valence-electron chi connectivity index (χ1n) is 3.73. The highest BCUT2D eigenvalue weighted by atomic mass is 16.6. The Labute approximate surface area is 65.8 Å². The number of carbonyl (C=O) groups excluding carboxylic acids is 1. The average molecular weight is 159 g/mol. The Bertz CT molecular complexity index is 149. The molecule has 1 saturated heterocycles. The summed E-state index contributed by atoms with van der Waals surface area (Å²) in [5.74, 6) is -0.312. The highest BCUT2D eigenvalue weighted by Crippen LogP contribution is 2.15. The first kappa shape index (κ1) is 8.49. The number of esters is 1. The summed E-state index contributed by atoms with van der Waals surface area (Å²) >= 11 is 0. The van der Waals surface area contributed by atoms with Crippen LogP contribution in [0.5, 0.6) is 0 Å². The predicted octanol–water partition coefficient (Wildman–Crippen LogP) is -0.426. The molecule has 1 aliphatic rings. The molecule has 0 amide bonds. The molecule has 4 nitrogen and oxygen atoms in total. The van der Waals surface area contributed by atoms with Crippen LogP contribution in [0.3, 0.4) is 0 Å². The standard InChI is InChI=1S/C7H13NO3/c1-8-4-2-3-6(8)7(10)11-5-9/h6,9H,2-5H2,1H3. The van der Waals surface area contributed by atoms with Gasteiger partial charge in [0.2, 0.25) is 0 Å². The second-order valence-electron chi connectivity index (χ2n) is 2.73. The second kappa shape index (κ2) is 3.69. The van der Waals surface area contributed by atoms with Crippen LogP contribution in [-0.4, -0.2) is 42.4 Å². The van der Waals surface area contributed by atoms with Crippen molar-refractivity contribution < 1.29 is 14.6 Å². The van der Waals surface area contributed by atoms with E-state index >= 15 is 0 Å². The second-order valence-corrected chi connectivity index (χ2v) is 2.73. The molecule has 11 heavy (non-hydrogen) atoms. The van der Waals surface area contributed by atoms with Gasteiger partial charge in [0.1, 0.15) is 6.04 Å². The van der Waals surface area contributed by atoms with Gasteiger partial charge in [-0.15, -0.1) is 0 Å². The van der Waals surface area contributed by atoms with Gasteiger partial charge >= 0.3 is 5.97 Å². The number of likely N-dealkylation sites (tertiary alicyclic amines) is 1. The zero-order valence-corrected chi connectivity index (χ0v) is 6.62. The maximum Gasteiger partial charge on any atom is 0.325 e.